The lowest BCUT2D eigenvalue weighted by atomic mass is 10.2. The van der Waals surface area contributed by atoms with E-state index in [0.717, 1.165) is 40.2 Å². The van der Waals surface area contributed by atoms with Crippen molar-refractivity contribution in [2.24, 2.45) is 0 Å². The fourth-order valence-electron chi connectivity index (χ4n) is 3.21. The van der Waals surface area contributed by atoms with Crippen molar-refractivity contribution in [3.63, 3.8) is 0 Å². The summed E-state index contributed by atoms with van der Waals surface area (Å²) in [5.41, 5.74) is 5.17. The van der Waals surface area contributed by atoms with Gasteiger partial charge in [0.05, 0.1) is 5.75 Å². The highest BCUT2D eigenvalue weighted by Gasteiger charge is 2.18. The predicted octanol–water partition coefficient (Wildman–Crippen LogP) is 4.30. The Morgan fingerprint density at radius 1 is 1.08 bits per heavy atom. The van der Waals surface area contributed by atoms with Crippen LogP contribution in [0.4, 0.5) is 0 Å². The van der Waals surface area contributed by atoms with Crippen molar-refractivity contribution in [3.8, 4) is 5.69 Å². The first-order valence-electron chi connectivity index (χ1n) is 8.74. The van der Waals surface area contributed by atoms with Gasteiger partial charge in [-0.3, -0.25) is 9.36 Å². The molecule has 0 saturated carbocycles. The van der Waals surface area contributed by atoms with Gasteiger partial charge in [-0.2, -0.15) is 0 Å². The van der Waals surface area contributed by atoms with E-state index in [1.165, 1.54) is 17.3 Å². The molecule has 0 atom stereocenters. The van der Waals surface area contributed by atoms with E-state index in [9.17, 15) is 4.79 Å². The maximum Gasteiger partial charge on any atom is 0.196 e. The van der Waals surface area contributed by atoms with Gasteiger partial charge in [-0.15, -0.1) is 10.2 Å². The number of aryl methyl sites for hydroxylation is 3. The first-order valence-corrected chi connectivity index (χ1v) is 9.72. The summed E-state index contributed by atoms with van der Waals surface area (Å²) in [6.45, 7) is 11.0. The first kappa shape index (κ1) is 18.5. The number of aromatic nitrogens is 4. The zero-order valence-electron chi connectivity index (χ0n) is 15.9. The molecule has 6 heteroatoms. The normalized spacial score (nSPS) is 11.1. The van der Waals surface area contributed by atoms with Crippen LogP contribution in [0.1, 0.15) is 40.1 Å². The monoisotopic (exact) mass is 368 g/mol. The van der Waals surface area contributed by atoms with Crippen LogP contribution in [0.2, 0.25) is 0 Å². The van der Waals surface area contributed by atoms with E-state index in [1.807, 2.05) is 43.5 Å². The Morgan fingerprint density at radius 3 is 2.38 bits per heavy atom. The van der Waals surface area contributed by atoms with Gasteiger partial charge in [0.15, 0.2) is 10.9 Å². The Bertz CT molecular complexity index is 938. The fraction of sp³-hybridized carbons (Fsp3) is 0.350. The summed E-state index contributed by atoms with van der Waals surface area (Å²) < 4.78 is 4.16. The number of nitrogens with zero attached hydrogens (tertiary/aromatic N) is 4. The van der Waals surface area contributed by atoms with E-state index < -0.39 is 0 Å². The van der Waals surface area contributed by atoms with Crippen LogP contribution in [0.25, 0.3) is 5.69 Å². The Balaban J connectivity index is 1.81. The molecule has 0 aliphatic rings. The quantitative estimate of drug-likeness (QED) is 0.481. The van der Waals surface area contributed by atoms with Gasteiger partial charge in [0.1, 0.15) is 5.82 Å². The zero-order chi connectivity index (χ0) is 18.8. The van der Waals surface area contributed by atoms with Gasteiger partial charge in [-0.1, -0.05) is 29.5 Å². The Morgan fingerprint density at radius 2 is 1.77 bits per heavy atom. The molecule has 1 aromatic carbocycles. The van der Waals surface area contributed by atoms with Crippen LogP contribution < -0.4 is 0 Å². The predicted molar refractivity (Wildman–Crippen MR) is 105 cm³/mol. The molecule has 26 heavy (non-hydrogen) atoms. The summed E-state index contributed by atoms with van der Waals surface area (Å²) in [6.07, 6.45) is 0. The smallest absolute Gasteiger partial charge is 0.196 e. The number of carbonyl (C=O) groups excluding carboxylic acids is 1. The van der Waals surface area contributed by atoms with Gasteiger partial charge < -0.3 is 4.57 Å². The third-order valence-corrected chi connectivity index (χ3v) is 5.54. The molecule has 0 spiro atoms. The van der Waals surface area contributed by atoms with Crippen molar-refractivity contribution >= 4 is 17.5 Å². The zero-order valence-corrected chi connectivity index (χ0v) is 16.7. The van der Waals surface area contributed by atoms with Gasteiger partial charge in [-0.05, 0) is 52.8 Å². The van der Waals surface area contributed by atoms with Gasteiger partial charge in [0, 0.05) is 29.2 Å². The molecule has 0 unspecified atom stereocenters. The molecule has 3 rings (SSSR count). The Hall–Kier alpha value is -2.34. The topological polar surface area (TPSA) is 52.7 Å². The lowest BCUT2D eigenvalue weighted by molar-refractivity contribution is 0.102. The lowest BCUT2D eigenvalue weighted by Gasteiger charge is -2.09. The second-order valence-electron chi connectivity index (χ2n) is 6.44. The molecule has 0 N–H and O–H groups in total. The first-order chi connectivity index (χ1) is 12.4. The van der Waals surface area contributed by atoms with Crippen LogP contribution >= 0.6 is 11.8 Å². The molecular formula is C20H24N4OS. The van der Waals surface area contributed by atoms with E-state index >= 15 is 0 Å². The largest absolute Gasteiger partial charge is 0.349 e. The second-order valence-corrected chi connectivity index (χ2v) is 7.38. The molecule has 0 amide bonds. The maximum absolute atomic E-state index is 12.7. The van der Waals surface area contributed by atoms with Gasteiger partial charge in [0.25, 0.3) is 0 Å². The average Bonchev–Trinajstić information content (AvgIpc) is 3.13. The Labute approximate surface area is 158 Å². The van der Waals surface area contributed by atoms with Crippen LogP contribution in [-0.2, 0) is 6.54 Å². The van der Waals surface area contributed by atoms with Crippen molar-refractivity contribution < 1.29 is 4.79 Å². The number of hydrogen-bond acceptors (Lipinski definition) is 4. The second kappa shape index (κ2) is 7.50. The minimum absolute atomic E-state index is 0.124. The lowest BCUT2D eigenvalue weighted by Crippen LogP contribution is -2.07. The van der Waals surface area contributed by atoms with Crippen molar-refractivity contribution in [3.05, 3.63) is 58.7 Å². The summed E-state index contributed by atoms with van der Waals surface area (Å²) in [5, 5.41) is 9.19. The van der Waals surface area contributed by atoms with Crippen LogP contribution in [-0.4, -0.2) is 30.9 Å². The van der Waals surface area contributed by atoms with E-state index in [0.29, 0.717) is 5.75 Å². The van der Waals surface area contributed by atoms with E-state index in [2.05, 4.69) is 40.7 Å². The Kier molecular flexibility index (Phi) is 5.32. The summed E-state index contributed by atoms with van der Waals surface area (Å²) in [5.74, 6) is 1.28. The fourth-order valence-corrected chi connectivity index (χ4v) is 4.09. The molecule has 136 valence electrons. The molecule has 3 aromatic rings. The average molecular weight is 369 g/mol. The third-order valence-electron chi connectivity index (χ3n) is 4.61. The van der Waals surface area contributed by atoms with Crippen LogP contribution in [0, 0.1) is 27.7 Å². The molecule has 0 bridgehead atoms. The van der Waals surface area contributed by atoms with Gasteiger partial charge in [0.2, 0.25) is 0 Å². The minimum Gasteiger partial charge on any atom is -0.349 e. The summed E-state index contributed by atoms with van der Waals surface area (Å²) in [4.78, 5) is 12.7. The highest BCUT2D eigenvalue weighted by Crippen LogP contribution is 2.24. The molecule has 2 heterocycles. The van der Waals surface area contributed by atoms with Crippen molar-refractivity contribution in [2.45, 2.75) is 46.3 Å². The number of hydrogen-bond donors (Lipinski definition) is 0. The highest BCUT2D eigenvalue weighted by atomic mass is 32.2. The van der Waals surface area contributed by atoms with E-state index in [1.54, 1.807) is 0 Å². The van der Waals surface area contributed by atoms with Crippen LogP contribution in [0.5, 0.6) is 0 Å². The summed E-state index contributed by atoms with van der Waals surface area (Å²) in [7, 11) is 0. The number of Topliss-reactive ketones (excluding diaryl/α,β-unsaturated/α-hetero) is 1. The molecule has 0 aliphatic carbocycles. The molecule has 0 fully saturated rings. The van der Waals surface area contributed by atoms with Gasteiger partial charge in [-0.25, -0.2) is 0 Å². The van der Waals surface area contributed by atoms with Crippen LogP contribution in [0.15, 0.2) is 35.5 Å². The number of rotatable bonds is 6. The summed E-state index contributed by atoms with van der Waals surface area (Å²) in [6, 6.07) is 10.2. The van der Waals surface area contributed by atoms with Gasteiger partial charge >= 0.3 is 0 Å². The van der Waals surface area contributed by atoms with Crippen molar-refractivity contribution in [1.29, 1.82) is 0 Å². The molecule has 5 nitrogen and oxygen atoms in total. The standard InChI is InChI=1S/C20H24N4OS/c1-6-23-14(3)11-18(15(23)4)19(25)12-26-20-22-21-16(5)24(20)17-9-7-13(2)8-10-17/h7-11H,6,12H2,1-5H3. The molecular weight excluding hydrogens is 344 g/mol. The van der Waals surface area contributed by atoms with Crippen molar-refractivity contribution in [2.75, 3.05) is 5.75 Å². The molecule has 0 aliphatic heterocycles. The van der Waals surface area contributed by atoms with E-state index in [-0.39, 0.29) is 5.78 Å². The minimum atomic E-state index is 0.124. The van der Waals surface area contributed by atoms with Crippen LogP contribution in [0.3, 0.4) is 0 Å². The molecule has 0 radical (unpaired) electrons. The molecule has 0 saturated heterocycles. The third kappa shape index (κ3) is 3.46. The SMILES string of the molecule is CCn1c(C)cc(C(=O)CSc2nnc(C)n2-c2ccc(C)cc2)c1C. The maximum atomic E-state index is 12.7. The van der Waals surface area contributed by atoms with E-state index in [4.69, 9.17) is 0 Å². The molecule has 2 aromatic heterocycles. The highest BCUT2D eigenvalue weighted by molar-refractivity contribution is 7.99. The number of ketones is 1. The number of benzene rings is 1. The van der Waals surface area contributed by atoms with Crippen molar-refractivity contribution in [1.82, 2.24) is 19.3 Å². The number of carbonyl (C=O) groups is 1. The number of thioether (sulfide) groups is 1. The summed E-state index contributed by atoms with van der Waals surface area (Å²) >= 11 is 1.43.